The zero-order chi connectivity index (χ0) is 15.1. The zero-order valence-corrected chi connectivity index (χ0v) is 12.7. The van der Waals surface area contributed by atoms with Crippen LogP contribution in [0.15, 0.2) is 53.7 Å². The van der Waals surface area contributed by atoms with Crippen molar-refractivity contribution in [2.24, 2.45) is 0 Å². The quantitative estimate of drug-likeness (QED) is 0.678. The number of nitrogens with zero attached hydrogens (tertiary/aromatic N) is 1. The van der Waals surface area contributed by atoms with Crippen LogP contribution in [0.3, 0.4) is 0 Å². The molecule has 0 saturated heterocycles. The molecular formula is C16H16N2O2S. The number of carbonyl (C=O) groups is 1. The van der Waals surface area contributed by atoms with Crippen molar-refractivity contribution in [2.75, 3.05) is 18.7 Å². The molecule has 1 heterocycles. The van der Waals surface area contributed by atoms with Crippen LogP contribution >= 0.6 is 11.8 Å². The molecule has 2 rings (SSSR count). The van der Waals surface area contributed by atoms with E-state index in [1.165, 1.54) is 6.08 Å². The molecular weight excluding hydrogens is 284 g/mol. The largest absolute Gasteiger partial charge is 0.496 e. The minimum atomic E-state index is -0.209. The van der Waals surface area contributed by atoms with Crippen LogP contribution in [0.1, 0.15) is 5.56 Å². The maximum absolute atomic E-state index is 11.9. The first-order valence-electron chi connectivity index (χ1n) is 6.35. The number of anilines is 1. The Kier molecular flexibility index (Phi) is 5.40. The van der Waals surface area contributed by atoms with E-state index in [0.717, 1.165) is 16.3 Å². The summed E-state index contributed by atoms with van der Waals surface area (Å²) in [4.78, 5) is 16.1. The van der Waals surface area contributed by atoms with Gasteiger partial charge in [-0.1, -0.05) is 18.2 Å². The number of methoxy groups -OCH3 is 1. The standard InChI is InChI=1S/C16H16N2O2S/c1-20-14-6-4-3-5-12(14)7-9-15(19)18-13-8-10-16(21-2)17-11-13/h3-11H,1-2H3,(H,18,19)/b9-7+. The van der Waals surface area contributed by atoms with Gasteiger partial charge in [-0.15, -0.1) is 11.8 Å². The Morgan fingerprint density at radius 2 is 2.10 bits per heavy atom. The molecule has 1 aromatic carbocycles. The molecule has 108 valence electrons. The van der Waals surface area contributed by atoms with Gasteiger partial charge in [-0.3, -0.25) is 4.79 Å². The number of benzene rings is 1. The van der Waals surface area contributed by atoms with Gasteiger partial charge in [0.2, 0.25) is 5.91 Å². The van der Waals surface area contributed by atoms with Crippen LogP contribution < -0.4 is 10.1 Å². The predicted molar refractivity (Wildman–Crippen MR) is 86.7 cm³/mol. The van der Waals surface area contributed by atoms with E-state index in [1.54, 1.807) is 31.1 Å². The molecule has 0 aliphatic heterocycles. The van der Waals surface area contributed by atoms with Crippen molar-refractivity contribution in [3.63, 3.8) is 0 Å². The van der Waals surface area contributed by atoms with Gasteiger partial charge in [-0.2, -0.15) is 0 Å². The molecule has 0 bridgehead atoms. The van der Waals surface area contributed by atoms with Gasteiger partial charge in [-0.05, 0) is 30.5 Å². The average molecular weight is 300 g/mol. The lowest BCUT2D eigenvalue weighted by molar-refractivity contribution is -0.111. The van der Waals surface area contributed by atoms with Gasteiger partial charge in [0, 0.05) is 11.6 Å². The normalized spacial score (nSPS) is 10.6. The Balaban J connectivity index is 2.02. The topological polar surface area (TPSA) is 51.2 Å². The summed E-state index contributed by atoms with van der Waals surface area (Å²) < 4.78 is 5.23. The third-order valence-corrected chi connectivity index (χ3v) is 3.43. The summed E-state index contributed by atoms with van der Waals surface area (Å²) in [7, 11) is 1.60. The van der Waals surface area contributed by atoms with Crippen molar-refractivity contribution in [1.82, 2.24) is 4.98 Å². The molecule has 0 spiro atoms. The van der Waals surface area contributed by atoms with E-state index in [1.807, 2.05) is 42.7 Å². The fourth-order valence-corrected chi connectivity index (χ4v) is 2.09. The molecule has 5 heteroatoms. The summed E-state index contributed by atoms with van der Waals surface area (Å²) >= 11 is 1.56. The fourth-order valence-electron chi connectivity index (χ4n) is 1.73. The van der Waals surface area contributed by atoms with Gasteiger partial charge in [0.1, 0.15) is 5.75 Å². The summed E-state index contributed by atoms with van der Waals surface area (Å²) in [6.07, 6.45) is 6.79. The van der Waals surface area contributed by atoms with Crippen LogP contribution in [0.4, 0.5) is 5.69 Å². The second-order valence-electron chi connectivity index (χ2n) is 4.15. The summed E-state index contributed by atoms with van der Waals surface area (Å²) in [6.45, 7) is 0. The lowest BCUT2D eigenvalue weighted by Crippen LogP contribution is -2.07. The Morgan fingerprint density at radius 1 is 1.29 bits per heavy atom. The van der Waals surface area contributed by atoms with Gasteiger partial charge < -0.3 is 10.1 Å². The molecule has 0 aliphatic carbocycles. The first-order chi connectivity index (χ1) is 10.2. The Bertz CT molecular complexity index is 639. The number of pyridine rings is 1. The van der Waals surface area contributed by atoms with E-state index in [-0.39, 0.29) is 5.91 Å². The van der Waals surface area contributed by atoms with Gasteiger partial charge in [0.15, 0.2) is 0 Å². The maximum atomic E-state index is 11.9. The Morgan fingerprint density at radius 3 is 2.76 bits per heavy atom. The van der Waals surface area contributed by atoms with Crippen LogP contribution in [-0.4, -0.2) is 24.3 Å². The van der Waals surface area contributed by atoms with Gasteiger partial charge in [0.05, 0.1) is 24.0 Å². The molecule has 0 fully saturated rings. The number of nitrogens with one attached hydrogen (secondary N) is 1. The number of rotatable bonds is 5. The van der Waals surface area contributed by atoms with Crippen LogP contribution in [-0.2, 0) is 4.79 Å². The van der Waals surface area contributed by atoms with Crippen molar-refractivity contribution in [2.45, 2.75) is 5.03 Å². The number of ether oxygens (including phenoxy) is 1. The molecule has 1 amide bonds. The molecule has 1 aromatic heterocycles. The number of aromatic nitrogens is 1. The van der Waals surface area contributed by atoms with Crippen molar-refractivity contribution < 1.29 is 9.53 Å². The van der Waals surface area contributed by atoms with Crippen molar-refractivity contribution in [1.29, 1.82) is 0 Å². The predicted octanol–water partition coefficient (Wildman–Crippen LogP) is 3.46. The SMILES string of the molecule is COc1ccccc1/C=C/C(=O)Nc1ccc(SC)nc1. The van der Waals surface area contributed by atoms with E-state index in [0.29, 0.717) is 5.69 Å². The lowest BCUT2D eigenvalue weighted by Gasteiger charge is -2.04. The molecule has 0 atom stereocenters. The maximum Gasteiger partial charge on any atom is 0.248 e. The first-order valence-corrected chi connectivity index (χ1v) is 7.57. The Hall–Kier alpha value is -2.27. The molecule has 21 heavy (non-hydrogen) atoms. The molecule has 0 unspecified atom stereocenters. The molecule has 0 radical (unpaired) electrons. The van der Waals surface area contributed by atoms with Gasteiger partial charge >= 0.3 is 0 Å². The smallest absolute Gasteiger partial charge is 0.248 e. The first kappa shape index (κ1) is 15.1. The number of hydrogen-bond donors (Lipinski definition) is 1. The van der Waals surface area contributed by atoms with Gasteiger partial charge in [0.25, 0.3) is 0 Å². The minimum absolute atomic E-state index is 0.209. The van der Waals surface area contributed by atoms with E-state index in [4.69, 9.17) is 4.74 Å². The van der Waals surface area contributed by atoms with Crippen LogP contribution in [0, 0.1) is 0 Å². The van der Waals surface area contributed by atoms with Crippen molar-refractivity contribution in [3.05, 3.63) is 54.2 Å². The highest BCUT2D eigenvalue weighted by Crippen LogP contribution is 2.19. The number of amides is 1. The molecule has 0 aliphatic rings. The number of para-hydroxylation sites is 1. The van der Waals surface area contributed by atoms with E-state index >= 15 is 0 Å². The Labute approximate surface area is 128 Å². The number of thioether (sulfide) groups is 1. The number of hydrogen-bond acceptors (Lipinski definition) is 4. The highest BCUT2D eigenvalue weighted by molar-refractivity contribution is 7.98. The van der Waals surface area contributed by atoms with Crippen LogP contribution in [0.25, 0.3) is 6.08 Å². The summed E-state index contributed by atoms with van der Waals surface area (Å²) in [5, 5.41) is 3.68. The monoisotopic (exact) mass is 300 g/mol. The summed E-state index contributed by atoms with van der Waals surface area (Å²) in [5.74, 6) is 0.521. The second-order valence-corrected chi connectivity index (χ2v) is 4.98. The van der Waals surface area contributed by atoms with Crippen molar-refractivity contribution >= 4 is 29.4 Å². The lowest BCUT2D eigenvalue weighted by atomic mass is 10.2. The molecule has 0 saturated carbocycles. The fraction of sp³-hybridized carbons (Fsp3) is 0.125. The summed E-state index contributed by atoms with van der Waals surface area (Å²) in [6, 6.07) is 11.2. The molecule has 2 aromatic rings. The van der Waals surface area contributed by atoms with E-state index < -0.39 is 0 Å². The third kappa shape index (κ3) is 4.36. The van der Waals surface area contributed by atoms with Crippen molar-refractivity contribution in [3.8, 4) is 5.75 Å². The highest BCUT2D eigenvalue weighted by atomic mass is 32.2. The average Bonchev–Trinajstić information content (AvgIpc) is 2.54. The third-order valence-electron chi connectivity index (χ3n) is 2.77. The minimum Gasteiger partial charge on any atom is -0.496 e. The molecule has 4 nitrogen and oxygen atoms in total. The summed E-state index contributed by atoms with van der Waals surface area (Å²) in [5.41, 5.74) is 1.52. The van der Waals surface area contributed by atoms with Crippen LogP contribution in [0.5, 0.6) is 5.75 Å². The second kappa shape index (κ2) is 7.50. The van der Waals surface area contributed by atoms with E-state index in [2.05, 4.69) is 10.3 Å². The highest BCUT2D eigenvalue weighted by Gasteiger charge is 2.01. The van der Waals surface area contributed by atoms with E-state index in [9.17, 15) is 4.79 Å². The van der Waals surface area contributed by atoms with Gasteiger partial charge in [-0.25, -0.2) is 4.98 Å². The zero-order valence-electron chi connectivity index (χ0n) is 11.9. The number of carbonyl (C=O) groups excluding carboxylic acids is 1. The van der Waals surface area contributed by atoms with Crippen LogP contribution in [0.2, 0.25) is 0 Å². The molecule has 1 N–H and O–H groups in total.